The first kappa shape index (κ1) is 17.1. The third-order valence-electron chi connectivity index (χ3n) is 6.07. The fourth-order valence-electron chi connectivity index (χ4n) is 4.62. The highest BCUT2D eigenvalue weighted by Gasteiger charge is 2.37. The molecule has 30 heavy (non-hydrogen) atoms. The Labute approximate surface area is 175 Å². The number of hydrogen-bond acceptors (Lipinski definition) is 1. The third-order valence-corrected chi connectivity index (χ3v) is 6.07. The number of benzene rings is 5. The van der Waals surface area contributed by atoms with Gasteiger partial charge < -0.3 is 4.74 Å². The molecule has 0 N–H and O–H groups in total. The summed E-state index contributed by atoms with van der Waals surface area (Å²) in [6, 6.07) is 38.1. The van der Waals surface area contributed by atoms with Crippen molar-refractivity contribution in [3.05, 3.63) is 132 Å². The first-order valence-corrected chi connectivity index (χ1v) is 10.3. The fourth-order valence-corrected chi connectivity index (χ4v) is 4.62. The van der Waals surface area contributed by atoms with Crippen LogP contribution >= 0.6 is 0 Å². The summed E-state index contributed by atoms with van der Waals surface area (Å²) in [5, 5.41) is 4.98. The maximum atomic E-state index is 6.86. The molecule has 0 fully saturated rings. The average molecular weight is 384 g/mol. The highest BCUT2D eigenvalue weighted by molar-refractivity contribution is 6.12. The Bertz CT molecular complexity index is 1360. The van der Waals surface area contributed by atoms with Gasteiger partial charge in [-0.25, -0.2) is 0 Å². The monoisotopic (exact) mass is 384 g/mol. The minimum atomic E-state index is -0.645. The summed E-state index contributed by atoms with van der Waals surface area (Å²) >= 11 is 0. The molecule has 5 aromatic carbocycles. The van der Waals surface area contributed by atoms with Crippen molar-refractivity contribution in [2.75, 3.05) is 0 Å². The van der Waals surface area contributed by atoms with Crippen LogP contribution in [0.1, 0.15) is 16.7 Å². The van der Waals surface area contributed by atoms with Gasteiger partial charge in [-0.2, -0.15) is 0 Å². The zero-order valence-corrected chi connectivity index (χ0v) is 16.5. The van der Waals surface area contributed by atoms with Crippen LogP contribution < -0.4 is 4.74 Å². The topological polar surface area (TPSA) is 9.23 Å². The average Bonchev–Trinajstić information content (AvgIpc) is 2.84. The zero-order chi connectivity index (χ0) is 20.0. The van der Waals surface area contributed by atoms with Gasteiger partial charge in [-0.15, -0.1) is 0 Å². The summed E-state index contributed by atoms with van der Waals surface area (Å²) in [6.07, 6.45) is 4.45. The SMILES string of the molecule is C1=CC(c2ccccc2)(c2ccccc2)Oc2ccc3ccc4ccccc4c3c21. The Kier molecular flexibility index (Phi) is 3.75. The molecular weight excluding hydrogens is 364 g/mol. The van der Waals surface area contributed by atoms with Crippen molar-refractivity contribution in [2.24, 2.45) is 0 Å². The first-order valence-electron chi connectivity index (χ1n) is 10.3. The van der Waals surface area contributed by atoms with E-state index in [4.69, 9.17) is 4.74 Å². The van der Waals surface area contributed by atoms with Crippen LogP contribution in [0.4, 0.5) is 0 Å². The first-order chi connectivity index (χ1) is 14.9. The number of ether oxygens (including phenoxy) is 1. The lowest BCUT2D eigenvalue weighted by molar-refractivity contribution is 0.161. The standard InChI is InChI=1S/C29H20O/c1-3-10-23(11-4-1)29(24-12-5-2-6-13-24)20-19-26-27(30-29)18-17-22-16-15-21-9-7-8-14-25(21)28(22)26/h1-20H. The molecule has 0 saturated heterocycles. The molecule has 1 heteroatoms. The normalized spacial score (nSPS) is 14.4. The highest BCUT2D eigenvalue weighted by atomic mass is 16.5. The molecule has 1 aliphatic rings. The summed E-state index contributed by atoms with van der Waals surface area (Å²) in [5.41, 5.74) is 2.74. The lowest BCUT2D eigenvalue weighted by atomic mass is 9.83. The van der Waals surface area contributed by atoms with Crippen molar-refractivity contribution in [1.82, 2.24) is 0 Å². The van der Waals surface area contributed by atoms with Gasteiger partial charge in [0.1, 0.15) is 5.75 Å². The highest BCUT2D eigenvalue weighted by Crippen LogP contribution is 2.45. The number of rotatable bonds is 2. The van der Waals surface area contributed by atoms with Gasteiger partial charge in [-0.1, -0.05) is 103 Å². The predicted octanol–water partition coefficient (Wildman–Crippen LogP) is 7.34. The minimum Gasteiger partial charge on any atom is -0.473 e. The van der Waals surface area contributed by atoms with E-state index in [1.165, 1.54) is 21.5 Å². The molecule has 0 atom stereocenters. The third kappa shape index (κ3) is 2.49. The van der Waals surface area contributed by atoms with Crippen LogP contribution in [0, 0.1) is 0 Å². The van der Waals surface area contributed by atoms with Gasteiger partial charge >= 0.3 is 0 Å². The smallest absolute Gasteiger partial charge is 0.178 e. The van der Waals surface area contributed by atoms with Crippen LogP contribution in [0.5, 0.6) is 5.75 Å². The molecule has 5 aromatic rings. The molecule has 142 valence electrons. The van der Waals surface area contributed by atoms with Crippen molar-refractivity contribution in [3.8, 4) is 5.75 Å². The van der Waals surface area contributed by atoms with Gasteiger partial charge in [0.15, 0.2) is 5.60 Å². The minimum absolute atomic E-state index is 0.645. The van der Waals surface area contributed by atoms with E-state index in [1.54, 1.807) is 0 Å². The van der Waals surface area contributed by atoms with Crippen molar-refractivity contribution in [3.63, 3.8) is 0 Å². The largest absolute Gasteiger partial charge is 0.473 e. The Morgan fingerprint density at radius 1 is 0.533 bits per heavy atom. The van der Waals surface area contributed by atoms with Crippen LogP contribution in [-0.4, -0.2) is 0 Å². The van der Waals surface area contributed by atoms with Gasteiger partial charge in [-0.3, -0.25) is 0 Å². The van der Waals surface area contributed by atoms with Crippen LogP contribution in [0.15, 0.2) is 115 Å². The van der Waals surface area contributed by atoms with Crippen LogP contribution in [0.2, 0.25) is 0 Å². The van der Waals surface area contributed by atoms with Gasteiger partial charge in [0, 0.05) is 22.1 Å². The predicted molar refractivity (Wildman–Crippen MR) is 125 cm³/mol. The Balaban J connectivity index is 1.63. The summed E-state index contributed by atoms with van der Waals surface area (Å²) in [5.74, 6) is 0.911. The van der Waals surface area contributed by atoms with E-state index >= 15 is 0 Å². The lowest BCUT2D eigenvalue weighted by Crippen LogP contribution is -2.34. The Morgan fingerprint density at radius 2 is 1.13 bits per heavy atom. The van der Waals surface area contributed by atoms with Crippen molar-refractivity contribution < 1.29 is 4.74 Å². The van der Waals surface area contributed by atoms with Crippen LogP contribution in [0.25, 0.3) is 27.6 Å². The molecule has 0 saturated carbocycles. The van der Waals surface area contributed by atoms with E-state index in [0.29, 0.717) is 0 Å². The molecule has 1 heterocycles. The summed E-state index contributed by atoms with van der Waals surface area (Å²) in [7, 11) is 0. The van der Waals surface area contributed by atoms with Crippen LogP contribution in [-0.2, 0) is 5.60 Å². The molecule has 6 rings (SSSR count). The summed E-state index contributed by atoms with van der Waals surface area (Å²) in [6.45, 7) is 0. The van der Waals surface area contributed by atoms with E-state index in [9.17, 15) is 0 Å². The number of fused-ring (bicyclic) bond motifs is 5. The maximum absolute atomic E-state index is 6.86. The zero-order valence-electron chi connectivity index (χ0n) is 16.5. The Hall–Kier alpha value is -3.84. The lowest BCUT2D eigenvalue weighted by Gasteiger charge is -2.36. The maximum Gasteiger partial charge on any atom is 0.178 e. The molecule has 0 unspecified atom stereocenters. The fraction of sp³-hybridized carbons (Fsp3) is 0.0345. The van der Waals surface area contributed by atoms with E-state index in [0.717, 1.165) is 22.4 Å². The van der Waals surface area contributed by atoms with Crippen LogP contribution in [0.3, 0.4) is 0 Å². The molecule has 1 aliphatic heterocycles. The van der Waals surface area contributed by atoms with Gasteiger partial charge in [0.05, 0.1) is 0 Å². The van der Waals surface area contributed by atoms with Gasteiger partial charge in [0.2, 0.25) is 0 Å². The summed E-state index contributed by atoms with van der Waals surface area (Å²) < 4.78 is 6.86. The van der Waals surface area contributed by atoms with E-state index in [2.05, 4.69) is 109 Å². The van der Waals surface area contributed by atoms with E-state index in [1.807, 2.05) is 12.1 Å². The summed E-state index contributed by atoms with van der Waals surface area (Å²) in [4.78, 5) is 0. The van der Waals surface area contributed by atoms with Crippen molar-refractivity contribution in [1.29, 1.82) is 0 Å². The second-order valence-corrected chi connectivity index (χ2v) is 7.77. The van der Waals surface area contributed by atoms with Gasteiger partial charge in [-0.05, 0) is 34.4 Å². The van der Waals surface area contributed by atoms with Crippen molar-refractivity contribution in [2.45, 2.75) is 5.60 Å². The molecular formula is C29H20O. The quantitative estimate of drug-likeness (QED) is 0.289. The molecule has 0 amide bonds. The number of hydrogen-bond donors (Lipinski definition) is 0. The van der Waals surface area contributed by atoms with Gasteiger partial charge in [0.25, 0.3) is 0 Å². The molecule has 0 radical (unpaired) electrons. The second kappa shape index (κ2) is 6.60. The Morgan fingerprint density at radius 3 is 1.87 bits per heavy atom. The van der Waals surface area contributed by atoms with Crippen molar-refractivity contribution >= 4 is 27.6 Å². The molecule has 0 bridgehead atoms. The van der Waals surface area contributed by atoms with E-state index < -0.39 is 5.60 Å². The molecule has 0 spiro atoms. The molecule has 0 aliphatic carbocycles. The second-order valence-electron chi connectivity index (χ2n) is 7.77. The molecule has 0 aromatic heterocycles. The van der Waals surface area contributed by atoms with E-state index in [-0.39, 0.29) is 0 Å². The molecule has 1 nitrogen and oxygen atoms in total.